The molecule has 6 nitrogen and oxygen atoms in total. The Bertz CT molecular complexity index is 1350. The summed E-state index contributed by atoms with van der Waals surface area (Å²) >= 11 is 0. The predicted octanol–water partition coefficient (Wildman–Crippen LogP) is 18.5. The molecule has 0 aromatic rings. The summed E-state index contributed by atoms with van der Waals surface area (Å²) in [5.74, 6) is -0.981. The highest BCUT2D eigenvalue weighted by Crippen LogP contribution is 2.14. The van der Waals surface area contributed by atoms with Gasteiger partial charge in [-0.3, -0.25) is 14.4 Å². The van der Waals surface area contributed by atoms with E-state index in [0.717, 1.165) is 89.9 Å². The SMILES string of the molecule is CCCCC/C=C\C=C/CCCCCCCCC(=O)OCC(COC(=O)CCC/C=C\C/C=C\C/C=C\C/C=C\CCCCC)OC(=O)CCCCCCCCC/C=C\C/C=C\CCCCC. The molecule has 0 aliphatic rings. The molecular weight excluding hydrogens is 829 g/mol. The van der Waals surface area contributed by atoms with Crippen LogP contribution in [-0.4, -0.2) is 37.2 Å². The highest BCUT2D eigenvalue weighted by atomic mass is 16.6. The lowest BCUT2D eigenvalue weighted by atomic mass is 10.1. The Balaban J connectivity index is 4.51. The second-order valence-electron chi connectivity index (χ2n) is 18.2. The van der Waals surface area contributed by atoms with Gasteiger partial charge in [0.1, 0.15) is 13.2 Å². The van der Waals surface area contributed by atoms with E-state index in [9.17, 15) is 14.4 Å². The van der Waals surface area contributed by atoms with E-state index in [4.69, 9.17) is 14.2 Å². The number of carbonyl (C=O) groups excluding carboxylic acids is 3. The summed E-state index contributed by atoms with van der Waals surface area (Å²) in [6.07, 6.45) is 72.5. The lowest BCUT2D eigenvalue weighted by molar-refractivity contribution is -0.167. The Morgan fingerprint density at radius 2 is 0.597 bits per heavy atom. The van der Waals surface area contributed by atoms with Crippen LogP contribution in [0.5, 0.6) is 0 Å². The summed E-state index contributed by atoms with van der Waals surface area (Å²) in [6.45, 7) is 6.49. The van der Waals surface area contributed by atoms with Gasteiger partial charge in [-0.1, -0.05) is 214 Å². The average Bonchev–Trinajstić information content (AvgIpc) is 3.33. The maximum atomic E-state index is 12.8. The van der Waals surface area contributed by atoms with E-state index in [-0.39, 0.29) is 37.5 Å². The van der Waals surface area contributed by atoms with E-state index >= 15 is 0 Å². The van der Waals surface area contributed by atoms with Crippen molar-refractivity contribution in [2.45, 2.75) is 258 Å². The van der Waals surface area contributed by atoms with Crippen molar-refractivity contribution < 1.29 is 28.6 Å². The van der Waals surface area contributed by atoms with E-state index in [1.807, 2.05) is 0 Å². The quantitative estimate of drug-likeness (QED) is 0.0199. The van der Waals surface area contributed by atoms with Gasteiger partial charge in [-0.25, -0.2) is 0 Å². The molecule has 0 radical (unpaired) electrons. The zero-order valence-electron chi connectivity index (χ0n) is 43.6. The molecular formula is C61H102O6. The van der Waals surface area contributed by atoms with Crippen LogP contribution in [0.15, 0.2) is 97.2 Å². The number of unbranched alkanes of at least 4 members (excludes halogenated alkanes) is 23. The lowest BCUT2D eigenvalue weighted by Crippen LogP contribution is -2.30. The van der Waals surface area contributed by atoms with Crippen LogP contribution in [0.25, 0.3) is 0 Å². The van der Waals surface area contributed by atoms with Gasteiger partial charge in [-0.2, -0.15) is 0 Å². The molecule has 0 fully saturated rings. The normalized spacial score (nSPS) is 12.8. The Labute approximate surface area is 413 Å². The molecule has 0 rings (SSSR count). The zero-order valence-corrected chi connectivity index (χ0v) is 43.6. The minimum absolute atomic E-state index is 0.105. The fraction of sp³-hybridized carbons (Fsp3) is 0.689. The van der Waals surface area contributed by atoms with Gasteiger partial charge in [0.15, 0.2) is 6.10 Å². The van der Waals surface area contributed by atoms with Crippen LogP contribution in [0.2, 0.25) is 0 Å². The molecule has 0 aromatic heterocycles. The molecule has 6 heteroatoms. The van der Waals surface area contributed by atoms with Crippen molar-refractivity contribution in [3.8, 4) is 0 Å². The monoisotopic (exact) mass is 931 g/mol. The maximum absolute atomic E-state index is 12.8. The summed E-state index contributed by atoms with van der Waals surface area (Å²) in [5.41, 5.74) is 0. The van der Waals surface area contributed by atoms with Gasteiger partial charge < -0.3 is 14.2 Å². The van der Waals surface area contributed by atoms with Crippen molar-refractivity contribution in [1.82, 2.24) is 0 Å². The van der Waals surface area contributed by atoms with Gasteiger partial charge in [0.25, 0.3) is 0 Å². The van der Waals surface area contributed by atoms with Crippen LogP contribution in [0, 0.1) is 0 Å². The molecule has 1 unspecified atom stereocenters. The first-order chi connectivity index (χ1) is 33.0. The fourth-order valence-corrected chi connectivity index (χ4v) is 7.34. The highest BCUT2D eigenvalue weighted by molar-refractivity contribution is 5.71. The van der Waals surface area contributed by atoms with Crippen molar-refractivity contribution in [1.29, 1.82) is 0 Å². The van der Waals surface area contributed by atoms with Gasteiger partial charge in [0, 0.05) is 19.3 Å². The third kappa shape index (κ3) is 53.2. The smallest absolute Gasteiger partial charge is 0.306 e. The lowest BCUT2D eigenvalue weighted by Gasteiger charge is -2.18. The third-order valence-electron chi connectivity index (χ3n) is 11.6. The molecule has 0 aliphatic heterocycles. The molecule has 0 bridgehead atoms. The van der Waals surface area contributed by atoms with Gasteiger partial charge in [0.2, 0.25) is 0 Å². The predicted molar refractivity (Wildman–Crippen MR) is 288 cm³/mol. The average molecular weight is 931 g/mol. The molecule has 0 saturated heterocycles. The number of hydrogen-bond acceptors (Lipinski definition) is 6. The summed E-state index contributed by atoms with van der Waals surface area (Å²) in [4.78, 5) is 38.1. The molecule has 0 N–H and O–H groups in total. The zero-order chi connectivity index (χ0) is 48.6. The maximum Gasteiger partial charge on any atom is 0.306 e. The van der Waals surface area contributed by atoms with Crippen LogP contribution < -0.4 is 0 Å². The first kappa shape index (κ1) is 63.3. The molecule has 382 valence electrons. The first-order valence-corrected chi connectivity index (χ1v) is 27.8. The summed E-state index contributed by atoms with van der Waals surface area (Å²) < 4.78 is 16.8. The Morgan fingerprint density at radius 3 is 0.985 bits per heavy atom. The summed E-state index contributed by atoms with van der Waals surface area (Å²) in [5, 5.41) is 0. The van der Waals surface area contributed by atoms with Gasteiger partial charge in [-0.05, 0) is 116 Å². The number of ether oxygens (including phenoxy) is 3. The molecule has 0 aliphatic carbocycles. The largest absolute Gasteiger partial charge is 0.462 e. The number of carbonyl (C=O) groups is 3. The second-order valence-corrected chi connectivity index (χ2v) is 18.2. The van der Waals surface area contributed by atoms with Crippen molar-refractivity contribution in [3.05, 3.63) is 97.2 Å². The molecule has 0 heterocycles. The van der Waals surface area contributed by atoms with E-state index < -0.39 is 6.10 Å². The number of esters is 3. The third-order valence-corrected chi connectivity index (χ3v) is 11.6. The van der Waals surface area contributed by atoms with Crippen LogP contribution in [0.1, 0.15) is 252 Å². The van der Waals surface area contributed by atoms with E-state index in [1.54, 1.807) is 0 Å². The molecule has 0 aromatic carbocycles. The number of hydrogen-bond donors (Lipinski definition) is 0. The van der Waals surface area contributed by atoms with Gasteiger partial charge >= 0.3 is 17.9 Å². The number of allylic oxidation sites excluding steroid dienone is 16. The second kappa shape index (κ2) is 54.9. The Kier molecular flexibility index (Phi) is 51.9. The molecule has 67 heavy (non-hydrogen) atoms. The van der Waals surface area contributed by atoms with Gasteiger partial charge in [0.05, 0.1) is 0 Å². The molecule has 0 spiro atoms. The van der Waals surface area contributed by atoms with Gasteiger partial charge in [-0.15, -0.1) is 0 Å². The van der Waals surface area contributed by atoms with Crippen molar-refractivity contribution in [3.63, 3.8) is 0 Å². The number of rotatable bonds is 49. The summed E-state index contributed by atoms with van der Waals surface area (Å²) in [6, 6.07) is 0. The molecule has 0 amide bonds. The van der Waals surface area contributed by atoms with Crippen molar-refractivity contribution in [2.24, 2.45) is 0 Å². The van der Waals surface area contributed by atoms with Crippen LogP contribution >= 0.6 is 0 Å². The minimum Gasteiger partial charge on any atom is -0.462 e. The minimum atomic E-state index is -0.810. The van der Waals surface area contributed by atoms with Crippen LogP contribution in [0.4, 0.5) is 0 Å². The van der Waals surface area contributed by atoms with E-state index in [0.29, 0.717) is 19.3 Å². The highest BCUT2D eigenvalue weighted by Gasteiger charge is 2.19. The standard InChI is InChI=1S/C61H102O6/c1-4-7-10-13-16-19-22-25-28-30-33-36-39-42-45-48-51-54-60(63)66-57-58(56-65-59(62)53-50-47-44-41-38-35-32-27-24-21-18-15-12-9-6-3)67-61(64)55-52-49-46-43-40-37-34-31-29-26-23-20-17-14-11-8-5-2/h16-21,24-29,33,36,42,45,58H,4-15,22-23,30-32,34-35,37-41,43-44,46-57H2,1-3H3/b19-16-,20-17-,21-18-,27-24-,28-25-,29-26-,36-33-,45-42-. The van der Waals surface area contributed by atoms with Crippen LogP contribution in [-0.2, 0) is 28.6 Å². The molecule has 0 saturated carbocycles. The van der Waals surface area contributed by atoms with Crippen LogP contribution in [0.3, 0.4) is 0 Å². The Hall–Kier alpha value is -3.67. The topological polar surface area (TPSA) is 78.9 Å². The Morgan fingerprint density at radius 1 is 0.313 bits per heavy atom. The van der Waals surface area contributed by atoms with Crippen molar-refractivity contribution >= 4 is 17.9 Å². The first-order valence-electron chi connectivity index (χ1n) is 27.8. The molecule has 1 atom stereocenters. The van der Waals surface area contributed by atoms with E-state index in [2.05, 4.69) is 118 Å². The fourth-order valence-electron chi connectivity index (χ4n) is 7.34. The van der Waals surface area contributed by atoms with Crippen molar-refractivity contribution in [2.75, 3.05) is 13.2 Å². The summed E-state index contributed by atoms with van der Waals surface area (Å²) in [7, 11) is 0. The van der Waals surface area contributed by atoms with E-state index in [1.165, 1.54) is 116 Å².